The van der Waals surface area contributed by atoms with Gasteiger partial charge in [0.25, 0.3) is 0 Å². The molecule has 0 saturated heterocycles. The van der Waals surface area contributed by atoms with Crippen LogP contribution in [0.25, 0.3) is 0 Å². The summed E-state index contributed by atoms with van der Waals surface area (Å²) in [7, 11) is 0. The molecule has 0 aromatic rings. The van der Waals surface area contributed by atoms with Crippen LogP contribution in [-0.4, -0.2) is 13.1 Å². The van der Waals surface area contributed by atoms with Gasteiger partial charge in [-0.1, -0.05) is 39.0 Å². The van der Waals surface area contributed by atoms with Gasteiger partial charge in [0.15, 0.2) is 0 Å². The van der Waals surface area contributed by atoms with Gasteiger partial charge >= 0.3 is 0 Å². The van der Waals surface area contributed by atoms with Crippen molar-refractivity contribution in [2.24, 2.45) is 11.3 Å². The lowest BCUT2D eigenvalue weighted by molar-refractivity contribution is 0.119. The minimum absolute atomic E-state index is 0.704. The molecule has 0 unspecified atom stereocenters. The summed E-state index contributed by atoms with van der Waals surface area (Å²) in [5, 5.41) is 3.72. The van der Waals surface area contributed by atoms with E-state index in [1.165, 1.54) is 77.3 Å². The topological polar surface area (TPSA) is 12.0 Å². The molecule has 94 valence electrons. The standard InChI is InChI=1S/C15H29N/c1-2-12-16-13-15(10-6-7-11-15)14-8-4-3-5-9-14/h14,16H,2-13H2,1H3. The average Bonchev–Trinajstić information content (AvgIpc) is 2.81. The Labute approximate surface area is 101 Å². The summed E-state index contributed by atoms with van der Waals surface area (Å²) >= 11 is 0. The summed E-state index contributed by atoms with van der Waals surface area (Å²) in [5.41, 5.74) is 0.704. The van der Waals surface area contributed by atoms with E-state index in [9.17, 15) is 0 Å². The fourth-order valence-electron chi connectivity index (χ4n) is 4.04. The van der Waals surface area contributed by atoms with Gasteiger partial charge in [-0.2, -0.15) is 0 Å². The molecule has 1 heteroatoms. The second-order valence-corrected chi connectivity index (χ2v) is 6.08. The summed E-state index contributed by atoms with van der Waals surface area (Å²) in [4.78, 5) is 0. The molecular formula is C15H29N. The molecule has 0 aromatic heterocycles. The van der Waals surface area contributed by atoms with Crippen molar-refractivity contribution in [2.45, 2.75) is 71.1 Å². The van der Waals surface area contributed by atoms with Crippen LogP contribution in [0.3, 0.4) is 0 Å². The van der Waals surface area contributed by atoms with Crippen LogP contribution in [0.15, 0.2) is 0 Å². The molecule has 0 aliphatic heterocycles. The van der Waals surface area contributed by atoms with Crippen LogP contribution in [0.2, 0.25) is 0 Å². The summed E-state index contributed by atoms with van der Waals surface area (Å²) in [6, 6.07) is 0. The Morgan fingerprint density at radius 1 is 1.00 bits per heavy atom. The van der Waals surface area contributed by atoms with Crippen molar-refractivity contribution in [2.75, 3.05) is 13.1 Å². The molecule has 0 amide bonds. The highest BCUT2D eigenvalue weighted by atomic mass is 14.9. The lowest BCUT2D eigenvalue weighted by Crippen LogP contribution is -2.39. The van der Waals surface area contributed by atoms with Gasteiger partial charge in [-0.3, -0.25) is 0 Å². The van der Waals surface area contributed by atoms with Crippen LogP contribution in [0.5, 0.6) is 0 Å². The van der Waals surface area contributed by atoms with Crippen LogP contribution >= 0.6 is 0 Å². The molecular weight excluding hydrogens is 194 g/mol. The molecule has 1 nitrogen and oxygen atoms in total. The lowest BCUT2D eigenvalue weighted by atomic mass is 9.67. The molecule has 0 radical (unpaired) electrons. The van der Waals surface area contributed by atoms with Crippen molar-refractivity contribution >= 4 is 0 Å². The Morgan fingerprint density at radius 3 is 2.31 bits per heavy atom. The van der Waals surface area contributed by atoms with Gasteiger partial charge in [0.05, 0.1) is 0 Å². The summed E-state index contributed by atoms with van der Waals surface area (Å²) in [5.74, 6) is 1.05. The minimum atomic E-state index is 0.704. The van der Waals surface area contributed by atoms with Crippen molar-refractivity contribution in [3.8, 4) is 0 Å². The number of nitrogens with one attached hydrogen (secondary N) is 1. The first kappa shape index (κ1) is 12.4. The van der Waals surface area contributed by atoms with E-state index in [1.807, 2.05) is 0 Å². The Morgan fingerprint density at radius 2 is 1.69 bits per heavy atom. The Hall–Kier alpha value is -0.0400. The SMILES string of the molecule is CCCNCC1(C2CCCCC2)CCCC1. The molecule has 2 saturated carbocycles. The predicted molar refractivity (Wildman–Crippen MR) is 70.6 cm³/mol. The first-order chi connectivity index (χ1) is 7.87. The van der Waals surface area contributed by atoms with E-state index in [0.717, 1.165) is 5.92 Å². The third-order valence-corrected chi connectivity index (χ3v) is 4.97. The van der Waals surface area contributed by atoms with Gasteiger partial charge in [-0.15, -0.1) is 0 Å². The molecule has 0 aromatic carbocycles. The van der Waals surface area contributed by atoms with Gasteiger partial charge in [-0.05, 0) is 50.0 Å². The van der Waals surface area contributed by atoms with Crippen LogP contribution in [0, 0.1) is 11.3 Å². The van der Waals surface area contributed by atoms with Crippen LogP contribution in [0.4, 0.5) is 0 Å². The molecule has 1 N–H and O–H groups in total. The largest absolute Gasteiger partial charge is 0.316 e. The maximum atomic E-state index is 3.72. The highest BCUT2D eigenvalue weighted by Crippen LogP contribution is 2.49. The fraction of sp³-hybridized carbons (Fsp3) is 1.00. The molecule has 0 bridgehead atoms. The number of hydrogen-bond acceptors (Lipinski definition) is 1. The van der Waals surface area contributed by atoms with Crippen molar-refractivity contribution in [1.29, 1.82) is 0 Å². The molecule has 2 fully saturated rings. The monoisotopic (exact) mass is 223 g/mol. The molecule has 0 heterocycles. The zero-order valence-corrected chi connectivity index (χ0v) is 11.1. The second kappa shape index (κ2) is 6.05. The van der Waals surface area contributed by atoms with Crippen molar-refractivity contribution in [3.63, 3.8) is 0 Å². The zero-order valence-electron chi connectivity index (χ0n) is 11.1. The van der Waals surface area contributed by atoms with Crippen LogP contribution < -0.4 is 5.32 Å². The van der Waals surface area contributed by atoms with E-state index < -0.39 is 0 Å². The Kier molecular flexibility index (Phi) is 4.69. The van der Waals surface area contributed by atoms with Crippen molar-refractivity contribution < 1.29 is 0 Å². The third-order valence-electron chi connectivity index (χ3n) is 4.97. The highest BCUT2D eigenvalue weighted by molar-refractivity contribution is 4.93. The van der Waals surface area contributed by atoms with E-state index in [0.29, 0.717) is 5.41 Å². The van der Waals surface area contributed by atoms with Gasteiger partial charge in [0.1, 0.15) is 0 Å². The molecule has 16 heavy (non-hydrogen) atoms. The lowest BCUT2D eigenvalue weighted by Gasteiger charge is -2.40. The number of rotatable bonds is 5. The van der Waals surface area contributed by atoms with E-state index >= 15 is 0 Å². The minimum Gasteiger partial charge on any atom is -0.316 e. The van der Waals surface area contributed by atoms with E-state index in [4.69, 9.17) is 0 Å². The van der Waals surface area contributed by atoms with Crippen molar-refractivity contribution in [1.82, 2.24) is 5.32 Å². The van der Waals surface area contributed by atoms with Crippen molar-refractivity contribution in [3.05, 3.63) is 0 Å². The third kappa shape index (κ3) is 2.80. The van der Waals surface area contributed by atoms with E-state index in [1.54, 1.807) is 0 Å². The van der Waals surface area contributed by atoms with Gasteiger partial charge in [0, 0.05) is 6.54 Å². The van der Waals surface area contributed by atoms with Gasteiger partial charge < -0.3 is 5.32 Å². The summed E-state index contributed by atoms with van der Waals surface area (Å²) in [6.45, 7) is 4.80. The van der Waals surface area contributed by atoms with E-state index in [2.05, 4.69) is 12.2 Å². The van der Waals surface area contributed by atoms with Crippen LogP contribution in [0.1, 0.15) is 71.1 Å². The molecule has 2 aliphatic carbocycles. The second-order valence-electron chi connectivity index (χ2n) is 6.08. The fourth-order valence-corrected chi connectivity index (χ4v) is 4.04. The molecule has 0 atom stereocenters. The Balaban J connectivity index is 1.91. The smallest absolute Gasteiger partial charge is 0.00105 e. The predicted octanol–water partition coefficient (Wildman–Crippen LogP) is 4.13. The Bertz CT molecular complexity index is 188. The van der Waals surface area contributed by atoms with E-state index in [-0.39, 0.29) is 0 Å². The molecule has 2 rings (SSSR count). The summed E-state index contributed by atoms with van der Waals surface area (Å²) < 4.78 is 0. The van der Waals surface area contributed by atoms with Gasteiger partial charge in [0.2, 0.25) is 0 Å². The first-order valence-corrected chi connectivity index (χ1v) is 7.58. The zero-order chi connectivity index (χ0) is 11.3. The highest BCUT2D eigenvalue weighted by Gasteiger charge is 2.40. The van der Waals surface area contributed by atoms with Gasteiger partial charge in [-0.25, -0.2) is 0 Å². The van der Waals surface area contributed by atoms with Crippen LogP contribution in [-0.2, 0) is 0 Å². The molecule has 0 spiro atoms. The normalized spacial score (nSPS) is 26.1. The summed E-state index contributed by atoms with van der Waals surface area (Å²) in [6.07, 6.45) is 14.8. The maximum absolute atomic E-state index is 3.72. The quantitative estimate of drug-likeness (QED) is 0.691. The first-order valence-electron chi connectivity index (χ1n) is 7.58. The average molecular weight is 223 g/mol. The molecule has 2 aliphatic rings. The maximum Gasteiger partial charge on any atom is 0.00105 e. The number of hydrogen-bond donors (Lipinski definition) is 1.